The maximum absolute atomic E-state index is 10.2. The predicted molar refractivity (Wildman–Crippen MR) is 50.9 cm³/mol. The summed E-state index contributed by atoms with van der Waals surface area (Å²) in [4.78, 5) is 10.2. The minimum atomic E-state index is -0.0444. The molecule has 12 heavy (non-hydrogen) atoms. The molecule has 1 heteroatoms. The van der Waals surface area contributed by atoms with E-state index >= 15 is 0 Å². The summed E-state index contributed by atoms with van der Waals surface area (Å²) in [6, 6.07) is 0. The normalized spacial score (nSPS) is 10.8. The van der Waals surface area contributed by atoms with Gasteiger partial charge < -0.3 is 4.79 Å². The molecule has 0 heterocycles. The topological polar surface area (TPSA) is 17.1 Å². The van der Waals surface area contributed by atoms with E-state index in [0.717, 1.165) is 12.7 Å². The summed E-state index contributed by atoms with van der Waals surface area (Å²) in [7, 11) is 0. The van der Waals surface area contributed by atoms with E-state index in [9.17, 15) is 4.79 Å². The van der Waals surface area contributed by atoms with Crippen molar-refractivity contribution in [1.82, 2.24) is 0 Å². The Hall–Kier alpha value is -1.03. The molecule has 0 bridgehead atoms. The third-order valence-corrected chi connectivity index (χ3v) is 1.45. The van der Waals surface area contributed by atoms with Crippen molar-refractivity contribution < 1.29 is 4.79 Å². The van der Waals surface area contributed by atoms with Crippen LogP contribution in [0.2, 0.25) is 0 Å². The summed E-state index contributed by atoms with van der Waals surface area (Å²) in [5, 5.41) is 0. The van der Waals surface area contributed by atoms with Crippen LogP contribution in [-0.4, -0.2) is 6.29 Å². The van der Waals surface area contributed by atoms with Crippen LogP contribution in [0.1, 0.15) is 33.1 Å². The van der Waals surface area contributed by atoms with Crippen molar-refractivity contribution >= 4 is 6.29 Å². The fraction of sp³-hybridized carbons (Fsp3) is 0.545. The molecule has 1 nitrogen and oxygen atoms in total. The van der Waals surface area contributed by atoms with Gasteiger partial charge in [0.15, 0.2) is 0 Å². The molecule has 0 amide bonds. The van der Waals surface area contributed by atoms with Crippen LogP contribution < -0.4 is 0 Å². The molecule has 0 spiro atoms. The van der Waals surface area contributed by atoms with Crippen LogP contribution >= 0.6 is 0 Å². The van der Waals surface area contributed by atoms with Gasteiger partial charge in [0.05, 0.1) is 0 Å². The highest BCUT2D eigenvalue weighted by molar-refractivity contribution is 5.55. The highest BCUT2D eigenvalue weighted by Gasteiger charge is 1.87. The molecular weight excluding hydrogens is 148 g/mol. The summed E-state index contributed by atoms with van der Waals surface area (Å²) in [6.45, 7) is 3.98. The number of hydrogen-bond donors (Lipinski definition) is 0. The number of hydrogen-bond acceptors (Lipinski definition) is 1. The Morgan fingerprint density at radius 2 is 2.17 bits per heavy atom. The standard InChI is InChI=1S/C11H16O/c1-3-4-5-6-7-8-9-11(2)10-12/h6,9-11H,3-5H2,1-2H3. The van der Waals surface area contributed by atoms with Crippen molar-refractivity contribution in [2.45, 2.75) is 33.1 Å². The smallest absolute Gasteiger partial charge is 0.127 e. The number of unbranched alkanes of at least 4 members (excludes halogenated alkanes) is 2. The van der Waals surface area contributed by atoms with E-state index in [2.05, 4.69) is 18.4 Å². The van der Waals surface area contributed by atoms with Crippen molar-refractivity contribution in [1.29, 1.82) is 0 Å². The molecule has 66 valence electrons. The maximum Gasteiger partial charge on any atom is 0.127 e. The minimum Gasteiger partial charge on any atom is -0.303 e. The Balaban J connectivity index is 3.78. The van der Waals surface area contributed by atoms with Gasteiger partial charge in [0.1, 0.15) is 6.29 Å². The molecule has 0 rings (SSSR count). The van der Waals surface area contributed by atoms with Gasteiger partial charge in [0.25, 0.3) is 0 Å². The van der Waals surface area contributed by atoms with Gasteiger partial charge in [-0.15, -0.1) is 0 Å². The fourth-order valence-corrected chi connectivity index (χ4v) is 0.656. The van der Waals surface area contributed by atoms with E-state index in [1.807, 2.05) is 13.0 Å². The molecule has 0 aromatic carbocycles. The third-order valence-electron chi connectivity index (χ3n) is 1.45. The first kappa shape index (κ1) is 11.0. The first-order chi connectivity index (χ1) is 5.81. The van der Waals surface area contributed by atoms with E-state index in [-0.39, 0.29) is 5.92 Å². The van der Waals surface area contributed by atoms with Crippen molar-refractivity contribution in [3.8, 4) is 0 Å². The Bertz CT molecular complexity index is 203. The average molecular weight is 164 g/mol. The average Bonchev–Trinajstić information content (AvgIpc) is 2.10. The summed E-state index contributed by atoms with van der Waals surface area (Å²) >= 11 is 0. The second kappa shape index (κ2) is 8.07. The molecule has 0 N–H and O–H groups in total. The van der Waals surface area contributed by atoms with Crippen LogP contribution in [0.15, 0.2) is 23.6 Å². The van der Waals surface area contributed by atoms with Crippen molar-refractivity contribution in [2.75, 3.05) is 0 Å². The lowest BCUT2D eigenvalue weighted by Gasteiger charge is -1.84. The predicted octanol–water partition coefficient (Wildman–Crippen LogP) is 2.88. The van der Waals surface area contributed by atoms with Gasteiger partial charge in [-0.1, -0.05) is 31.7 Å². The second-order valence-electron chi connectivity index (χ2n) is 2.80. The molecule has 0 radical (unpaired) electrons. The Labute approximate surface area is 74.5 Å². The van der Waals surface area contributed by atoms with E-state index in [4.69, 9.17) is 0 Å². The Morgan fingerprint density at radius 3 is 2.75 bits per heavy atom. The fourth-order valence-electron chi connectivity index (χ4n) is 0.656. The third kappa shape index (κ3) is 7.08. The molecule has 0 aliphatic heterocycles. The first-order valence-corrected chi connectivity index (χ1v) is 4.42. The zero-order valence-electron chi connectivity index (χ0n) is 7.84. The van der Waals surface area contributed by atoms with Crippen molar-refractivity contribution in [2.24, 2.45) is 5.92 Å². The zero-order valence-corrected chi connectivity index (χ0v) is 7.84. The van der Waals surface area contributed by atoms with Crippen molar-refractivity contribution in [3.63, 3.8) is 0 Å². The molecular formula is C11H16O. The molecule has 1 atom stereocenters. The van der Waals surface area contributed by atoms with E-state index in [0.29, 0.717) is 0 Å². The summed E-state index contributed by atoms with van der Waals surface area (Å²) < 4.78 is 0. The Kier molecular flexibility index (Phi) is 7.38. The molecule has 0 aromatic rings. The van der Waals surface area contributed by atoms with E-state index in [1.54, 1.807) is 6.08 Å². The SMILES string of the molecule is CCCCC=C=C=CC(C)C=O. The first-order valence-electron chi connectivity index (χ1n) is 4.42. The molecule has 0 aliphatic carbocycles. The number of rotatable bonds is 5. The molecule has 0 aromatic heterocycles. The molecule has 0 saturated carbocycles. The monoisotopic (exact) mass is 164 g/mol. The molecule has 0 fully saturated rings. The van der Waals surface area contributed by atoms with Gasteiger partial charge in [0.2, 0.25) is 0 Å². The van der Waals surface area contributed by atoms with Crippen molar-refractivity contribution in [3.05, 3.63) is 23.6 Å². The lowest BCUT2D eigenvalue weighted by atomic mass is 10.2. The summed E-state index contributed by atoms with van der Waals surface area (Å²) in [6.07, 6.45) is 8.01. The van der Waals surface area contributed by atoms with Gasteiger partial charge in [-0.2, -0.15) is 0 Å². The van der Waals surface area contributed by atoms with Crippen LogP contribution in [0.25, 0.3) is 0 Å². The summed E-state index contributed by atoms with van der Waals surface area (Å²) in [5.41, 5.74) is 5.73. The van der Waals surface area contributed by atoms with Gasteiger partial charge in [-0.25, -0.2) is 0 Å². The molecule has 0 aliphatic rings. The van der Waals surface area contributed by atoms with Crippen LogP contribution in [-0.2, 0) is 4.79 Å². The second-order valence-corrected chi connectivity index (χ2v) is 2.80. The van der Waals surface area contributed by atoms with Crippen LogP contribution in [0.3, 0.4) is 0 Å². The molecule has 1 unspecified atom stereocenters. The summed E-state index contributed by atoms with van der Waals surface area (Å²) in [5.74, 6) is -0.0444. The number of carbonyl (C=O) groups excluding carboxylic acids is 1. The van der Waals surface area contributed by atoms with E-state index in [1.165, 1.54) is 12.8 Å². The zero-order chi connectivity index (χ0) is 9.23. The lowest BCUT2D eigenvalue weighted by molar-refractivity contribution is -0.109. The lowest BCUT2D eigenvalue weighted by Crippen LogP contribution is -1.86. The quantitative estimate of drug-likeness (QED) is 0.347. The van der Waals surface area contributed by atoms with Gasteiger partial charge >= 0.3 is 0 Å². The maximum atomic E-state index is 10.2. The number of aldehydes is 1. The highest BCUT2D eigenvalue weighted by atomic mass is 16.1. The Morgan fingerprint density at radius 1 is 1.42 bits per heavy atom. The van der Waals surface area contributed by atoms with Gasteiger partial charge in [-0.3, -0.25) is 0 Å². The van der Waals surface area contributed by atoms with Gasteiger partial charge in [-0.05, 0) is 25.0 Å². The number of carbonyl (C=O) groups is 1. The van der Waals surface area contributed by atoms with Crippen LogP contribution in [0, 0.1) is 5.92 Å². The largest absolute Gasteiger partial charge is 0.303 e. The highest BCUT2D eigenvalue weighted by Crippen LogP contribution is 1.93. The molecule has 0 saturated heterocycles. The van der Waals surface area contributed by atoms with Crippen LogP contribution in [0.5, 0.6) is 0 Å². The van der Waals surface area contributed by atoms with Crippen LogP contribution in [0.4, 0.5) is 0 Å². The van der Waals surface area contributed by atoms with Gasteiger partial charge in [0, 0.05) is 5.92 Å². The minimum absolute atomic E-state index is 0.0444. The number of allylic oxidation sites excluding steroid dienone is 2. The van der Waals surface area contributed by atoms with E-state index < -0.39 is 0 Å².